The van der Waals surface area contributed by atoms with Gasteiger partial charge in [0.25, 0.3) is 0 Å². The van der Waals surface area contributed by atoms with E-state index in [4.69, 9.17) is 16.6 Å². The molecule has 206 valence electrons. The Balaban J connectivity index is 2.33. The lowest BCUT2D eigenvalue weighted by atomic mass is 10.0. The van der Waals surface area contributed by atoms with Crippen LogP contribution in [-0.2, 0) is 35.2 Å². The van der Waals surface area contributed by atoms with Gasteiger partial charge in [-0.25, -0.2) is 4.79 Å². The topological polar surface area (TPSA) is 247 Å². The number of H-pyrrole nitrogens is 1. The van der Waals surface area contributed by atoms with E-state index in [1.54, 1.807) is 30.5 Å². The van der Waals surface area contributed by atoms with Crippen LogP contribution in [-0.4, -0.2) is 80.7 Å². The highest BCUT2D eigenvalue weighted by Crippen LogP contribution is 2.19. The molecule has 15 heteroatoms. The van der Waals surface area contributed by atoms with Crippen LogP contribution in [0, 0.1) is 0 Å². The van der Waals surface area contributed by atoms with E-state index in [1.165, 1.54) is 0 Å². The van der Waals surface area contributed by atoms with Crippen LogP contribution in [0.25, 0.3) is 10.9 Å². The van der Waals surface area contributed by atoms with Crippen LogP contribution in [0.5, 0.6) is 0 Å². The van der Waals surface area contributed by atoms with Gasteiger partial charge in [0.1, 0.15) is 18.1 Å². The standard InChI is InChI=1S/C23H30N6O8S/c24-13(10-38)20(33)28-17(8-18(25)30)22(35)29-16(7-11-9-26-14-4-2-1-3-12(11)14)21(34)27-15(23(36)37)5-6-19(31)32/h1-4,9,13,15-17,26,38H,5-8,10,24H2,(H2,25,30)(H,27,34)(H,28,33)(H,29,35)(H,31,32)(H,36,37). The molecule has 0 bridgehead atoms. The molecular weight excluding hydrogens is 520 g/mol. The first-order valence-corrected chi connectivity index (χ1v) is 12.1. The summed E-state index contributed by atoms with van der Waals surface area (Å²) in [6.45, 7) is 0. The maximum Gasteiger partial charge on any atom is 0.326 e. The average molecular weight is 551 g/mol. The number of nitrogens with two attached hydrogens (primary N) is 2. The molecule has 38 heavy (non-hydrogen) atoms. The van der Waals surface area contributed by atoms with Crippen molar-refractivity contribution in [2.75, 3.05) is 5.75 Å². The molecule has 10 N–H and O–H groups in total. The van der Waals surface area contributed by atoms with Crippen molar-refractivity contribution in [2.24, 2.45) is 11.5 Å². The Hall–Kier alpha value is -4.11. The molecule has 4 amide bonds. The van der Waals surface area contributed by atoms with Crippen molar-refractivity contribution in [3.63, 3.8) is 0 Å². The minimum Gasteiger partial charge on any atom is -0.481 e. The Morgan fingerprint density at radius 3 is 2.13 bits per heavy atom. The molecule has 0 fully saturated rings. The molecule has 0 saturated heterocycles. The highest BCUT2D eigenvalue weighted by atomic mass is 32.1. The van der Waals surface area contributed by atoms with Crippen LogP contribution >= 0.6 is 12.6 Å². The summed E-state index contributed by atoms with van der Waals surface area (Å²) in [6.07, 6.45) is -0.0134. The number of fused-ring (bicyclic) bond motifs is 1. The molecule has 2 rings (SSSR count). The van der Waals surface area contributed by atoms with Gasteiger partial charge in [-0.3, -0.25) is 24.0 Å². The number of hydrogen-bond acceptors (Lipinski definition) is 8. The number of carboxylic acid groups (broad SMARTS) is 2. The second-order valence-electron chi connectivity index (χ2n) is 8.48. The molecule has 4 atom stereocenters. The van der Waals surface area contributed by atoms with Crippen LogP contribution in [0.3, 0.4) is 0 Å². The SMILES string of the molecule is NC(=O)CC(NC(=O)C(N)CS)C(=O)NC(Cc1c[nH]c2ccccc12)C(=O)NC(CCC(=O)O)C(=O)O. The van der Waals surface area contributed by atoms with E-state index >= 15 is 0 Å². The van der Waals surface area contributed by atoms with Gasteiger partial charge in [-0.2, -0.15) is 12.6 Å². The third-order valence-corrected chi connectivity index (χ3v) is 5.96. The zero-order chi connectivity index (χ0) is 28.4. The van der Waals surface area contributed by atoms with Crippen molar-refractivity contribution in [1.29, 1.82) is 0 Å². The third-order valence-electron chi connectivity index (χ3n) is 5.57. The van der Waals surface area contributed by atoms with Gasteiger partial charge in [-0.1, -0.05) is 18.2 Å². The lowest BCUT2D eigenvalue weighted by molar-refractivity contribution is -0.143. The number of carboxylic acids is 2. The van der Waals surface area contributed by atoms with Crippen LogP contribution in [0.2, 0.25) is 0 Å². The van der Waals surface area contributed by atoms with Crippen LogP contribution in [0.4, 0.5) is 0 Å². The molecule has 1 heterocycles. The minimum absolute atomic E-state index is 0.0464. The number of hydrogen-bond donors (Lipinski definition) is 9. The number of aromatic nitrogens is 1. The predicted molar refractivity (Wildman–Crippen MR) is 138 cm³/mol. The van der Waals surface area contributed by atoms with Crippen molar-refractivity contribution in [3.05, 3.63) is 36.0 Å². The van der Waals surface area contributed by atoms with E-state index in [1.807, 2.05) is 0 Å². The van der Waals surface area contributed by atoms with E-state index in [0.717, 1.165) is 10.9 Å². The lowest BCUT2D eigenvalue weighted by Crippen LogP contribution is -2.58. The zero-order valence-electron chi connectivity index (χ0n) is 20.2. The number of aliphatic carboxylic acids is 2. The summed E-state index contributed by atoms with van der Waals surface area (Å²) in [4.78, 5) is 75.6. The Bertz CT molecular complexity index is 1200. The molecule has 0 aliphatic rings. The Labute approximate surface area is 222 Å². The number of carbonyl (C=O) groups is 6. The predicted octanol–water partition coefficient (Wildman–Crippen LogP) is -1.75. The number of thiol groups is 1. The quantitative estimate of drug-likeness (QED) is 0.114. The number of primary amides is 1. The molecule has 0 aliphatic heterocycles. The monoisotopic (exact) mass is 550 g/mol. The smallest absolute Gasteiger partial charge is 0.326 e. The van der Waals surface area contributed by atoms with E-state index in [0.29, 0.717) is 5.56 Å². The molecule has 0 spiro atoms. The van der Waals surface area contributed by atoms with Gasteiger partial charge in [-0.05, 0) is 18.1 Å². The second-order valence-corrected chi connectivity index (χ2v) is 8.84. The first-order valence-electron chi connectivity index (χ1n) is 11.5. The van der Waals surface area contributed by atoms with Gasteiger partial charge < -0.3 is 42.6 Å². The van der Waals surface area contributed by atoms with Crippen molar-refractivity contribution in [2.45, 2.75) is 49.9 Å². The zero-order valence-corrected chi connectivity index (χ0v) is 21.1. The highest BCUT2D eigenvalue weighted by Gasteiger charge is 2.31. The van der Waals surface area contributed by atoms with Gasteiger partial charge in [0.05, 0.1) is 12.5 Å². The van der Waals surface area contributed by atoms with Crippen molar-refractivity contribution in [3.8, 4) is 0 Å². The van der Waals surface area contributed by atoms with Crippen LogP contribution in [0.15, 0.2) is 30.5 Å². The summed E-state index contributed by atoms with van der Waals surface area (Å²) >= 11 is 3.92. The van der Waals surface area contributed by atoms with Gasteiger partial charge in [0.2, 0.25) is 23.6 Å². The Morgan fingerprint density at radius 1 is 0.921 bits per heavy atom. The normalized spacial score (nSPS) is 14.1. The molecular formula is C23H30N6O8S. The fourth-order valence-electron chi connectivity index (χ4n) is 3.57. The van der Waals surface area contributed by atoms with Gasteiger partial charge >= 0.3 is 11.9 Å². The number of para-hydroxylation sites is 1. The van der Waals surface area contributed by atoms with Gasteiger partial charge in [-0.15, -0.1) is 0 Å². The molecule has 4 unspecified atom stereocenters. The van der Waals surface area contributed by atoms with Crippen molar-refractivity contribution < 1.29 is 39.0 Å². The second kappa shape index (κ2) is 14.0. The fraction of sp³-hybridized carbons (Fsp3) is 0.391. The number of carbonyl (C=O) groups excluding carboxylic acids is 4. The summed E-state index contributed by atoms with van der Waals surface area (Å²) in [7, 11) is 0. The lowest BCUT2D eigenvalue weighted by Gasteiger charge is -2.24. The first kappa shape index (κ1) is 30.1. The fourth-order valence-corrected chi connectivity index (χ4v) is 3.74. The van der Waals surface area contributed by atoms with E-state index < -0.39 is 79.0 Å². The van der Waals surface area contributed by atoms with Crippen molar-refractivity contribution in [1.82, 2.24) is 20.9 Å². The van der Waals surface area contributed by atoms with Gasteiger partial charge in [0, 0.05) is 35.7 Å². The Morgan fingerprint density at radius 2 is 1.53 bits per heavy atom. The van der Waals surface area contributed by atoms with Gasteiger partial charge in [0.15, 0.2) is 0 Å². The van der Waals surface area contributed by atoms with E-state index in [-0.39, 0.29) is 12.2 Å². The number of rotatable bonds is 15. The summed E-state index contributed by atoms with van der Waals surface area (Å²) in [5.41, 5.74) is 12.2. The molecule has 14 nitrogen and oxygen atoms in total. The number of nitrogens with one attached hydrogen (secondary N) is 4. The molecule has 0 radical (unpaired) electrons. The van der Waals surface area contributed by atoms with Crippen LogP contribution < -0.4 is 27.4 Å². The maximum absolute atomic E-state index is 13.2. The summed E-state index contributed by atoms with van der Waals surface area (Å²) in [5.74, 6) is -6.32. The maximum atomic E-state index is 13.2. The van der Waals surface area contributed by atoms with E-state index in [9.17, 15) is 33.9 Å². The number of aromatic amines is 1. The summed E-state index contributed by atoms with van der Waals surface area (Å²) < 4.78 is 0. The van der Waals surface area contributed by atoms with Crippen LogP contribution in [0.1, 0.15) is 24.8 Å². The van der Waals surface area contributed by atoms with E-state index in [2.05, 4.69) is 33.6 Å². The molecule has 2 aromatic rings. The number of amides is 4. The first-order chi connectivity index (χ1) is 17.9. The molecule has 1 aromatic heterocycles. The third kappa shape index (κ3) is 8.77. The largest absolute Gasteiger partial charge is 0.481 e. The van der Waals surface area contributed by atoms with Crippen molar-refractivity contribution >= 4 is 59.1 Å². The molecule has 0 saturated carbocycles. The summed E-state index contributed by atoms with van der Waals surface area (Å²) in [6, 6.07) is 1.64. The molecule has 1 aromatic carbocycles. The minimum atomic E-state index is -1.55. The highest BCUT2D eigenvalue weighted by molar-refractivity contribution is 7.80. The molecule has 0 aliphatic carbocycles. The number of benzene rings is 1. The Kier molecular flexibility index (Phi) is 11.1. The average Bonchev–Trinajstić information content (AvgIpc) is 3.27. The summed E-state index contributed by atoms with van der Waals surface area (Å²) in [5, 5.41) is 26.1.